The maximum atomic E-state index is 12.3. The van der Waals surface area contributed by atoms with E-state index in [0.29, 0.717) is 25.2 Å². The number of hydrogen-bond acceptors (Lipinski definition) is 4. The highest BCUT2D eigenvalue weighted by Gasteiger charge is 2.24. The molecule has 6 nitrogen and oxygen atoms in total. The van der Waals surface area contributed by atoms with Crippen molar-refractivity contribution >= 4 is 11.7 Å². The molecule has 4 aromatic rings. The van der Waals surface area contributed by atoms with E-state index in [1.165, 1.54) is 30.4 Å². The van der Waals surface area contributed by atoms with Crippen molar-refractivity contribution in [3.8, 4) is 16.9 Å². The summed E-state index contributed by atoms with van der Waals surface area (Å²) >= 11 is 0. The number of rotatable bonds is 9. The van der Waals surface area contributed by atoms with E-state index in [9.17, 15) is 4.79 Å². The molecular formula is C34H38N4O2. The third-order valence-electron chi connectivity index (χ3n) is 7.65. The molecule has 1 aliphatic heterocycles. The summed E-state index contributed by atoms with van der Waals surface area (Å²) in [5.41, 5.74) is 6.29. The van der Waals surface area contributed by atoms with Crippen molar-refractivity contribution in [2.75, 3.05) is 5.32 Å². The Balaban J connectivity index is 1.19. The van der Waals surface area contributed by atoms with Crippen molar-refractivity contribution in [1.82, 2.24) is 15.2 Å². The molecule has 2 heterocycles. The second-order valence-electron chi connectivity index (χ2n) is 10.7. The molecular weight excluding hydrogens is 496 g/mol. The molecule has 206 valence electrons. The lowest BCUT2D eigenvalue weighted by atomic mass is 9.96. The van der Waals surface area contributed by atoms with Crippen LogP contribution in [-0.2, 0) is 19.7 Å². The molecule has 0 aliphatic carbocycles. The Hall–Kier alpha value is -4.16. The Morgan fingerprint density at radius 2 is 1.68 bits per heavy atom. The topological polar surface area (TPSA) is 66.5 Å². The quantitative estimate of drug-likeness (QED) is 0.235. The number of piperidine rings is 1. The number of pyridine rings is 1. The average molecular weight is 535 g/mol. The van der Waals surface area contributed by atoms with Gasteiger partial charge in [0, 0.05) is 48.8 Å². The van der Waals surface area contributed by atoms with E-state index >= 15 is 0 Å². The summed E-state index contributed by atoms with van der Waals surface area (Å²) in [4.78, 5) is 18.9. The summed E-state index contributed by atoms with van der Waals surface area (Å²) in [7, 11) is 0. The lowest BCUT2D eigenvalue weighted by molar-refractivity contribution is 0.0953. The van der Waals surface area contributed by atoms with E-state index in [-0.39, 0.29) is 6.03 Å². The fourth-order valence-corrected chi connectivity index (χ4v) is 5.37. The molecule has 0 saturated carbocycles. The van der Waals surface area contributed by atoms with Crippen LogP contribution in [0.25, 0.3) is 11.1 Å². The number of amides is 2. The van der Waals surface area contributed by atoms with Crippen LogP contribution in [0.4, 0.5) is 10.5 Å². The van der Waals surface area contributed by atoms with Crippen LogP contribution in [0.15, 0.2) is 97.3 Å². The molecule has 0 unspecified atom stereocenters. The fourth-order valence-electron chi connectivity index (χ4n) is 5.37. The van der Waals surface area contributed by atoms with Crippen molar-refractivity contribution in [2.24, 2.45) is 0 Å². The first-order chi connectivity index (χ1) is 19.5. The van der Waals surface area contributed by atoms with E-state index in [4.69, 9.17) is 4.74 Å². The standard InChI is InChI=1S/C34H38N4O2/c1-25-8-5-9-26(2)38(25)23-28-10-6-12-30(20-28)32-13-3-4-14-33(32)40-24-27-15-17-31(18-16-27)37-34(39)36-22-29-11-7-19-35-21-29/h3-4,6-7,10-21,25-26H,5,8-9,22-24H2,1-2H3,(H2,36,37,39)/t25-,26+. The minimum atomic E-state index is -0.256. The molecule has 2 amide bonds. The molecule has 40 heavy (non-hydrogen) atoms. The SMILES string of the molecule is C[C@@H]1CCC[C@H](C)N1Cc1cccc(-c2ccccc2OCc2ccc(NC(=O)NCc3cccnc3)cc2)c1. The number of anilines is 1. The van der Waals surface area contributed by atoms with E-state index in [1.54, 1.807) is 12.4 Å². The molecule has 1 saturated heterocycles. The Morgan fingerprint density at radius 3 is 2.45 bits per heavy atom. The average Bonchev–Trinajstić information content (AvgIpc) is 2.98. The number of para-hydroxylation sites is 1. The summed E-state index contributed by atoms with van der Waals surface area (Å²) in [6.07, 6.45) is 7.32. The Kier molecular flexibility index (Phi) is 9.09. The van der Waals surface area contributed by atoms with Crippen molar-refractivity contribution in [3.63, 3.8) is 0 Å². The first-order valence-corrected chi connectivity index (χ1v) is 14.1. The van der Waals surface area contributed by atoms with Gasteiger partial charge in [-0.25, -0.2) is 4.79 Å². The molecule has 1 fully saturated rings. The normalized spacial score (nSPS) is 17.2. The number of nitrogens with zero attached hydrogens (tertiary/aromatic N) is 2. The van der Waals surface area contributed by atoms with Crippen LogP contribution in [0.3, 0.4) is 0 Å². The number of nitrogens with one attached hydrogen (secondary N) is 2. The summed E-state index contributed by atoms with van der Waals surface area (Å²) in [6.45, 7) is 6.53. The number of likely N-dealkylation sites (tertiary alicyclic amines) is 1. The number of carbonyl (C=O) groups is 1. The van der Waals surface area contributed by atoms with Crippen LogP contribution >= 0.6 is 0 Å². The van der Waals surface area contributed by atoms with E-state index in [2.05, 4.69) is 70.8 Å². The van der Waals surface area contributed by atoms with Gasteiger partial charge in [-0.3, -0.25) is 9.88 Å². The Morgan fingerprint density at radius 1 is 0.900 bits per heavy atom. The van der Waals surface area contributed by atoms with Gasteiger partial charge in [-0.2, -0.15) is 0 Å². The molecule has 2 atom stereocenters. The third kappa shape index (κ3) is 7.27. The second kappa shape index (κ2) is 13.3. The fraction of sp³-hybridized carbons (Fsp3) is 0.294. The van der Waals surface area contributed by atoms with Gasteiger partial charge in [0.2, 0.25) is 0 Å². The highest BCUT2D eigenvalue weighted by Crippen LogP contribution is 2.32. The lowest BCUT2D eigenvalue weighted by Gasteiger charge is -2.39. The zero-order chi connectivity index (χ0) is 27.7. The summed E-state index contributed by atoms with van der Waals surface area (Å²) < 4.78 is 6.29. The lowest BCUT2D eigenvalue weighted by Crippen LogP contribution is -2.42. The zero-order valence-corrected chi connectivity index (χ0v) is 23.3. The molecule has 0 radical (unpaired) electrons. The molecule has 5 rings (SSSR count). The second-order valence-corrected chi connectivity index (χ2v) is 10.7. The van der Waals surface area contributed by atoms with Gasteiger partial charge in [-0.05, 0) is 79.3 Å². The number of ether oxygens (including phenoxy) is 1. The van der Waals surface area contributed by atoms with Gasteiger partial charge in [0.1, 0.15) is 12.4 Å². The van der Waals surface area contributed by atoms with Gasteiger partial charge >= 0.3 is 6.03 Å². The summed E-state index contributed by atoms with van der Waals surface area (Å²) in [5, 5.41) is 5.71. The van der Waals surface area contributed by atoms with Gasteiger partial charge in [-0.15, -0.1) is 0 Å². The third-order valence-corrected chi connectivity index (χ3v) is 7.65. The molecule has 0 bridgehead atoms. The predicted molar refractivity (Wildman–Crippen MR) is 161 cm³/mol. The van der Waals surface area contributed by atoms with Gasteiger partial charge < -0.3 is 15.4 Å². The molecule has 6 heteroatoms. The summed E-state index contributed by atoms with van der Waals surface area (Å²) in [6, 6.07) is 29.5. The maximum absolute atomic E-state index is 12.3. The van der Waals surface area contributed by atoms with Crippen LogP contribution in [0.5, 0.6) is 5.75 Å². The minimum absolute atomic E-state index is 0.256. The number of hydrogen-bond donors (Lipinski definition) is 2. The number of urea groups is 1. The van der Waals surface area contributed by atoms with Crippen molar-refractivity contribution in [2.45, 2.75) is 64.9 Å². The van der Waals surface area contributed by atoms with Gasteiger partial charge in [-0.1, -0.05) is 61.0 Å². The molecule has 3 aromatic carbocycles. The van der Waals surface area contributed by atoms with Gasteiger partial charge in [0.05, 0.1) is 0 Å². The summed E-state index contributed by atoms with van der Waals surface area (Å²) in [5.74, 6) is 0.858. The van der Waals surface area contributed by atoms with Gasteiger partial charge in [0.15, 0.2) is 0 Å². The zero-order valence-electron chi connectivity index (χ0n) is 23.3. The van der Waals surface area contributed by atoms with E-state index < -0.39 is 0 Å². The molecule has 2 N–H and O–H groups in total. The van der Waals surface area contributed by atoms with E-state index in [0.717, 1.165) is 34.7 Å². The van der Waals surface area contributed by atoms with Crippen LogP contribution in [0.1, 0.15) is 49.8 Å². The van der Waals surface area contributed by atoms with Gasteiger partial charge in [0.25, 0.3) is 0 Å². The van der Waals surface area contributed by atoms with Crippen molar-refractivity contribution < 1.29 is 9.53 Å². The van der Waals surface area contributed by atoms with Crippen LogP contribution in [-0.4, -0.2) is 28.0 Å². The number of benzene rings is 3. The molecule has 0 spiro atoms. The number of carbonyl (C=O) groups excluding carboxylic acids is 1. The predicted octanol–water partition coefficient (Wildman–Crippen LogP) is 7.41. The van der Waals surface area contributed by atoms with Crippen LogP contribution < -0.4 is 15.4 Å². The molecule has 1 aliphatic rings. The Labute approximate surface area is 237 Å². The molecule has 1 aromatic heterocycles. The maximum Gasteiger partial charge on any atom is 0.319 e. The first-order valence-electron chi connectivity index (χ1n) is 14.1. The number of aromatic nitrogens is 1. The van der Waals surface area contributed by atoms with Crippen molar-refractivity contribution in [3.05, 3.63) is 114 Å². The Bertz CT molecular complexity index is 1380. The van der Waals surface area contributed by atoms with Crippen molar-refractivity contribution in [1.29, 1.82) is 0 Å². The largest absolute Gasteiger partial charge is 0.488 e. The highest BCUT2D eigenvalue weighted by atomic mass is 16.5. The highest BCUT2D eigenvalue weighted by molar-refractivity contribution is 5.89. The minimum Gasteiger partial charge on any atom is -0.488 e. The smallest absolute Gasteiger partial charge is 0.319 e. The monoisotopic (exact) mass is 534 g/mol. The van der Waals surface area contributed by atoms with Crippen LogP contribution in [0.2, 0.25) is 0 Å². The first kappa shape index (κ1) is 27.4. The van der Waals surface area contributed by atoms with E-state index in [1.807, 2.05) is 48.5 Å². The van der Waals surface area contributed by atoms with Crippen LogP contribution in [0, 0.1) is 0 Å².